The summed E-state index contributed by atoms with van der Waals surface area (Å²) in [5.41, 5.74) is -0.815. The number of likely N-dealkylation sites (N-methyl/N-ethyl adjacent to an activating group) is 1. The summed E-state index contributed by atoms with van der Waals surface area (Å²) in [5.74, 6) is -0.824. The van der Waals surface area contributed by atoms with Crippen LogP contribution in [0.2, 0.25) is 0 Å². The standard InChI is InChI=1S/C14H27N3O3/c1-11(2)16(4)9-7-15-13(20)17-8-5-6-14(3,10-17)12(18)19/h11H,5-10H2,1-4H3,(H,15,20)(H,18,19). The van der Waals surface area contributed by atoms with Gasteiger partial charge in [-0.2, -0.15) is 0 Å². The fourth-order valence-electron chi connectivity index (χ4n) is 2.30. The third kappa shape index (κ3) is 4.37. The minimum Gasteiger partial charge on any atom is -0.481 e. The molecule has 0 spiro atoms. The Kier molecular flexibility index (Phi) is 5.80. The van der Waals surface area contributed by atoms with Crippen LogP contribution in [-0.4, -0.2) is 66.2 Å². The molecule has 0 aromatic rings. The Bertz CT molecular complexity index is 360. The number of urea groups is 1. The molecule has 0 saturated carbocycles. The highest BCUT2D eigenvalue weighted by Gasteiger charge is 2.39. The molecule has 20 heavy (non-hydrogen) atoms. The number of nitrogens with zero attached hydrogens (tertiary/aromatic N) is 2. The van der Waals surface area contributed by atoms with E-state index in [0.717, 1.165) is 13.0 Å². The summed E-state index contributed by atoms with van der Waals surface area (Å²) in [6.45, 7) is 8.20. The van der Waals surface area contributed by atoms with E-state index in [0.29, 0.717) is 25.6 Å². The monoisotopic (exact) mass is 285 g/mol. The van der Waals surface area contributed by atoms with Crippen LogP contribution in [0.5, 0.6) is 0 Å². The van der Waals surface area contributed by atoms with Crippen LogP contribution in [0.4, 0.5) is 4.79 Å². The predicted octanol–water partition coefficient (Wildman–Crippen LogP) is 1.22. The van der Waals surface area contributed by atoms with Crippen LogP contribution in [-0.2, 0) is 4.79 Å². The van der Waals surface area contributed by atoms with E-state index in [1.165, 1.54) is 0 Å². The maximum atomic E-state index is 12.1. The summed E-state index contributed by atoms with van der Waals surface area (Å²) in [5, 5.41) is 12.1. The highest BCUT2D eigenvalue weighted by Crippen LogP contribution is 2.29. The van der Waals surface area contributed by atoms with Crippen LogP contribution < -0.4 is 5.32 Å². The molecular formula is C14H27N3O3. The SMILES string of the molecule is CC(C)N(C)CCNC(=O)N1CCCC(C)(C(=O)O)C1. The number of carboxylic acid groups (broad SMARTS) is 1. The molecule has 1 atom stereocenters. The molecule has 1 aliphatic rings. The molecule has 6 nitrogen and oxygen atoms in total. The second-order valence-corrected chi connectivity index (χ2v) is 6.20. The number of rotatable bonds is 5. The molecular weight excluding hydrogens is 258 g/mol. The lowest BCUT2D eigenvalue weighted by Crippen LogP contribution is -2.52. The second-order valence-electron chi connectivity index (χ2n) is 6.20. The van der Waals surface area contributed by atoms with Crippen molar-refractivity contribution in [3.63, 3.8) is 0 Å². The van der Waals surface area contributed by atoms with Gasteiger partial charge in [0.25, 0.3) is 0 Å². The molecule has 116 valence electrons. The summed E-state index contributed by atoms with van der Waals surface area (Å²) in [4.78, 5) is 27.1. The third-order valence-electron chi connectivity index (χ3n) is 4.12. The zero-order valence-corrected chi connectivity index (χ0v) is 13.0. The quantitative estimate of drug-likeness (QED) is 0.796. The molecule has 0 aromatic carbocycles. The lowest BCUT2D eigenvalue weighted by molar-refractivity contribution is -0.150. The first kappa shape index (κ1) is 16.8. The summed E-state index contributed by atoms with van der Waals surface area (Å²) in [7, 11) is 2.01. The molecule has 0 bridgehead atoms. The van der Waals surface area contributed by atoms with E-state index in [-0.39, 0.29) is 12.6 Å². The van der Waals surface area contributed by atoms with Gasteiger partial charge in [-0.3, -0.25) is 4.79 Å². The Hall–Kier alpha value is -1.30. The fourth-order valence-corrected chi connectivity index (χ4v) is 2.30. The van der Waals surface area contributed by atoms with Gasteiger partial charge in [0, 0.05) is 32.2 Å². The molecule has 1 aliphatic heterocycles. The molecule has 1 heterocycles. The van der Waals surface area contributed by atoms with Crippen LogP contribution in [0.3, 0.4) is 0 Å². The maximum Gasteiger partial charge on any atom is 0.317 e. The second kappa shape index (κ2) is 6.92. The van der Waals surface area contributed by atoms with Crippen molar-refractivity contribution in [1.82, 2.24) is 15.1 Å². The molecule has 0 aliphatic carbocycles. The lowest BCUT2D eigenvalue weighted by Gasteiger charge is -2.37. The van der Waals surface area contributed by atoms with Crippen LogP contribution in [0, 0.1) is 5.41 Å². The topological polar surface area (TPSA) is 72.9 Å². The van der Waals surface area contributed by atoms with Gasteiger partial charge in [-0.1, -0.05) is 0 Å². The smallest absolute Gasteiger partial charge is 0.317 e. The number of aliphatic carboxylic acids is 1. The summed E-state index contributed by atoms with van der Waals surface area (Å²) in [6.07, 6.45) is 1.37. The fraction of sp³-hybridized carbons (Fsp3) is 0.857. The van der Waals surface area contributed by atoms with Crippen molar-refractivity contribution >= 4 is 12.0 Å². The first-order valence-electron chi connectivity index (χ1n) is 7.22. The highest BCUT2D eigenvalue weighted by molar-refractivity contribution is 5.78. The zero-order valence-electron chi connectivity index (χ0n) is 13.0. The first-order chi connectivity index (χ1) is 9.26. The van der Waals surface area contributed by atoms with E-state index in [1.54, 1.807) is 11.8 Å². The van der Waals surface area contributed by atoms with E-state index in [9.17, 15) is 14.7 Å². The van der Waals surface area contributed by atoms with Gasteiger partial charge >= 0.3 is 12.0 Å². The number of likely N-dealkylation sites (tertiary alicyclic amines) is 1. The molecule has 6 heteroatoms. The minimum atomic E-state index is -0.824. The largest absolute Gasteiger partial charge is 0.481 e. The van der Waals surface area contributed by atoms with Gasteiger partial charge in [0.1, 0.15) is 0 Å². The van der Waals surface area contributed by atoms with Crippen molar-refractivity contribution in [3.8, 4) is 0 Å². The number of hydrogen-bond acceptors (Lipinski definition) is 3. The molecule has 1 unspecified atom stereocenters. The minimum absolute atomic E-state index is 0.158. The average molecular weight is 285 g/mol. The van der Waals surface area contributed by atoms with Gasteiger partial charge in [0.15, 0.2) is 0 Å². The van der Waals surface area contributed by atoms with Crippen molar-refractivity contribution in [2.75, 3.05) is 33.2 Å². The van der Waals surface area contributed by atoms with Crippen LogP contribution >= 0.6 is 0 Å². The third-order valence-corrected chi connectivity index (χ3v) is 4.12. The van der Waals surface area contributed by atoms with E-state index in [1.807, 2.05) is 7.05 Å². The predicted molar refractivity (Wildman–Crippen MR) is 77.7 cm³/mol. The molecule has 0 radical (unpaired) electrons. The summed E-state index contributed by atoms with van der Waals surface area (Å²) >= 11 is 0. The molecule has 2 N–H and O–H groups in total. The number of hydrogen-bond donors (Lipinski definition) is 2. The van der Waals surface area contributed by atoms with Crippen molar-refractivity contribution in [3.05, 3.63) is 0 Å². The molecule has 1 rings (SSSR count). The van der Waals surface area contributed by atoms with E-state index in [2.05, 4.69) is 24.1 Å². The van der Waals surface area contributed by atoms with Gasteiger partial charge in [-0.05, 0) is 40.7 Å². The van der Waals surface area contributed by atoms with Crippen molar-refractivity contribution in [2.24, 2.45) is 5.41 Å². The number of carbonyl (C=O) groups excluding carboxylic acids is 1. The van der Waals surface area contributed by atoms with Crippen LogP contribution in [0.25, 0.3) is 0 Å². The number of carboxylic acids is 1. The van der Waals surface area contributed by atoms with Crippen molar-refractivity contribution < 1.29 is 14.7 Å². The zero-order chi connectivity index (χ0) is 15.3. The van der Waals surface area contributed by atoms with Crippen molar-refractivity contribution in [1.29, 1.82) is 0 Å². The van der Waals surface area contributed by atoms with E-state index in [4.69, 9.17) is 0 Å². The van der Waals surface area contributed by atoms with Gasteiger partial charge in [-0.25, -0.2) is 4.79 Å². The van der Waals surface area contributed by atoms with Gasteiger partial charge < -0.3 is 20.2 Å². The Morgan fingerprint density at radius 2 is 2.10 bits per heavy atom. The Balaban J connectivity index is 2.42. The summed E-state index contributed by atoms with van der Waals surface area (Å²) in [6, 6.07) is 0.284. The van der Waals surface area contributed by atoms with E-state index >= 15 is 0 Å². The Morgan fingerprint density at radius 3 is 2.65 bits per heavy atom. The van der Waals surface area contributed by atoms with Crippen LogP contribution in [0.15, 0.2) is 0 Å². The number of carbonyl (C=O) groups is 2. The number of nitrogens with one attached hydrogen (secondary N) is 1. The number of piperidine rings is 1. The molecule has 2 amide bonds. The molecule has 0 aromatic heterocycles. The molecule has 1 fully saturated rings. The van der Waals surface area contributed by atoms with Crippen molar-refractivity contribution in [2.45, 2.75) is 39.7 Å². The van der Waals surface area contributed by atoms with Gasteiger partial charge in [0.05, 0.1) is 5.41 Å². The normalized spacial score (nSPS) is 23.2. The van der Waals surface area contributed by atoms with Crippen LogP contribution in [0.1, 0.15) is 33.6 Å². The summed E-state index contributed by atoms with van der Waals surface area (Å²) < 4.78 is 0. The average Bonchev–Trinajstić information content (AvgIpc) is 2.38. The highest BCUT2D eigenvalue weighted by atomic mass is 16.4. The Morgan fingerprint density at radius 1 is 1.45 bits per heavy atom. The molecule has 1 saturated heterocycles. The van der Waals surface area contributed by atoms with E-state index < -0.39 is 11.4 Å². The number of amides is 2. The Labute approximate surface area is 121 Å². The van der Waals surface area contributed by atoms with Gasteiger partial charge in [-0.15, -0.1) is 0 Å². The lowest BCUT2D eigenvalue weighted by atomic mass is 9.82. The van der Waals surface area contributed by atoms with Gasteiger partial charge in [0.2, 0.25) is 0 Å². The maximum absolute atomic E-state index is 12.1. The first-order valence-corrected chi connectivity index (χ1v) is 7.22.